The minimum Gasteiger partial charge on any atom is -0.376 e. The first-order chi connectivity index (χ1) is 26.6. The van der Waals surface area contributed by atoms with Crippen LogP contribution in [0.3, 0.4) is 0 Å². The van der Waals surface area contributed by atoms with Crippen molar-refractivity contribution in [1.82, 2.24) is 0 Å². The monoisotopic (exact) mass is 711 g/mol. The van der Waals surface area contributed by atoms with Gasteiger partial charge in [0.2, 0.25) is 0 Å². The largest absolute Gasteiger partial charge is 0.376 e. The topological polar surface area (TPSA) is 47.7 Å². The Morgan fingerprint density at radius 3 is 1.02 bits per heavy atom. The van der Waals surface area contributed by atoms with Crippen molar-refractivity contribution < 1.29 is 13.7 Å². The number of allylic oxidation sites excluding steroid dienone is 3. The minimum absolute atomic E-state index is 0.753. The predicted molar refractivity (Wildman–Crippen MR) is 219 cm³/mol. The molecule has 3 heterocycles. The van der Waals surface area contributed by atoms with E-state index in [-0.39, 0.29) is 0 Å². The standard InChI is InChI=1S/C48H51N6/c1-4-43-46(34-52-25-13-22-40(31-52)49-28-37-16-7-8-17-37)44(5-2)48(36-54-27-15-24-42(33-54)51-30-39-20-11-12-21-39)45(6-3)47(43)35-53-26-14-23-41(32-53)50-29-38-18-9-10-19-38/h7-16,18,20,22-27,31-33,49-51H,4-6,28-30,34-36H2,1-3H3/q+3. The number of benzene rings is 1. The first-order valence-electron chi connectivity index (χ1n) is 19.3. The van der Waals surface area contributed by atoms with Gasteiger partial charge in [0.15, 0.2) is 56.8 Å². The molecule has 0 spiro atoms. The SMILES string of the molecule is CCc1c(C[n+]2cccc(NCC3=C=CC=C3)c2)c(CC)c(C[n+]2cccc(NCC3=C=CC=C3)c2)c(CC)c1C[n+]1cccc(NCC2=C=CC=C2)c1. The van der Waals surface area contributed by atoms with Crippen molar-refractivity contribution in [3.63, 3.8) is 0 Å². The van der Waals surface area contributed by atoms with Crippen LogP contribution < -0.4 is 29.7 Å². The number of hydrogen-bond donors (Lipinski definition) is 3. The van der Waals surface area contributed by atoms with Crippen LogP contribution in [0, 0.1) is 0 Å². The highest BCUT2D eigenvalue weighted by molar-refractivity contribution is 5.52. The maximum absolute atomic E-state index is 3.61. The van der Waals surface area contributed by atoms with Crippen LogP contribution >= 0.6 is 0 Å². The molecule has 0 bridgehead atoms. The molecule has 0 radical (unpaired) electrons. The van der Waals surface area contributed by atoms with Gasteiger partial charge in [0.1, 0.15) is 0 Å². The third-order valence-corrected chi connectivity index (χ3v) is 10.3. The van der Waals surface area contributed by atoms with Gasteiger partial charge < -0.3 is 16.0 Å². The molecular formula is C48H51N6+3. The third-order valence-electron chi connectivity index (χ3n) is 10.3. The van der Waals surface area contributed by atoms with Crippen LogP contribution in [0.5, 0.6) is 0 Å². The molecule has 0 saturated carbocycles. The first kappa shape index (κ1) is 36.2. The minimum atomic E-state index is 0.753. The molecule has 6 heteroatoms. The van der Waals surface area contributed by atoms with E-state index in [9.17, 15) is 0 Å². The van der Waals surface area contributed by atoms with E-state index in [2.05, 4.69) is 159 Å². The van der Waals surface area contributed by atoms with E-state index in [1.165, 1.54) is 50.1 Å². The van der Waals surface area contributed by atoms with Crippen LogP contribution in [0.15, 0.2) is 162 Å². The van der Waals surface area contributed by atoms with Gasteiger partial charge in [0.05, 0.1) is 17.1 Å². The van der Waals surface area contributed by atoms with Gasteiger partial charge in [-0.15, -0.1) is 17.2 Å². The predicted octanol–water partition coefficient (Wildman–Crippen LogP) is 7.57. The Morgan fingerprint density at radius 1 is 0.444 bits per heavy atom. The fraction of sp³-hybridized carbons (Fsp3) is 0.250. The zero-order valence-corrected chi connectivity index (χ0v) is 31.8. The van der Waals surface area contributed by atoms with Gasteiger partial charge >= 0.3 is 0 Å². The van der Waals surface area contributed by atoms with Gasteiger partial charge in [-0.25, -0.2) is 0 Å². The van der Waals surface area contributed by atoms with Gasteiger partial charge in [-0.05, 0) is 90.6 Å². The molecular weight excluding hydrogens is 661 g/mol. The number of nitrogens with one attached hydrogen (secondary N) is 3. The fourth-order valence-electron chi connectivity index (χ4n) is 7.69. The molecule has 0 atom stereocenters. The lowest BCUT2D eigenvalue weighted by atomic mass is 9.83. The van der Waals surface area contributed by atoms with Crippen LogP contribution in [0.4, 0.5) is 17.1 Å². The molecule has 0 amide bonds. The Morgan fingerprint density at radius 2 is 0.759 bits per heavy atom. The number of anilines is 3. The van der Waals surface area contributed by atoms with Crippen molar-refractivity contribution in [3.05, 3.63) is 196 Å². The number of hydrogen-bond acceptors (Lipinski definition) is 3. The van der Waals surface area contributed by atoms with Crippen molar-refractivity contribution in [2.45, 2.75) is 59.7 Å². The molecule has 54 heavy (non-hydrogen) atoms. The molecule has 7 rings (SSSR count). The highest BCUT2D eigenvalue weighted by atomic mass is 15.0. The summed E-state index contributed by atoms with van der Waals surface area (Å²) >= 11 is 0. The average molecular weight is 712 g/mol. The van der Waals surface area contributed by atoms with Gasteiger partial charge in [-0.1, -0.05) is 39.0 Å². The van der Waals surface area contributed by atoms with Crippen LogP contribution in [-0.2, 0) is 38.9 Å². The summed E-state index contributed by atoms with van der Waals surface area (Å²) in [7, 11) is 0. The Labute approximate surface area is 320 Å². The molecule has 3 aromatic heterocycles. The quantitative estimate of drug-likeness (QED) is 0.0738. The van der Waals surface area contributed by atoms with Gasteiger partial charge in [0, 0.05) is 71.2 Å². The van der Waals surface area contributed by atoms with E-state index < -0.39 is 0 Å². The second-order valence-electron chi connectivity index (χ2n) is 13.9. The lowest BCUT2D eigenvalue weighted by molar-refractivity contribution is -0.690. The van der Waals surface area contributed by atoms with Crippen molar-refractivity contribution in [3.8, 4) is 0 Å². The van der Waals surface area contributed by atoms with E-state index >= 15 is 0 Å². The summed E-state index contributed by atoms with van der Waals surface area (Å²) in [5.74, 6) is 0. The Hall–Kier alpha value is -6.15. The summed E-state index contributed by atoms with van der Waals surface area (Å²) in [6.45, 7) is 11.7. The van der Waals surface area contributed by atoms with Crippen LogP contribution in [0.2, 0.25) is 0 Å². The maximum Gasteiger partial charge on any atom is 0.192 e. The number of rotatable bonds is 18. The maximum atomic E-state index is 3.61. The van der Waals surface area contributed by atoms with E-state index in [4.69, 9.17) is 0 Å². The summed E-state index contributed by atoms with van der Waals surface area (Å²) in [6.07, 6.45) is 34.6. The van der Waals surface area contributed by atoms with Gasteiger partial charge in [0.25, 0.3) is 0 Å². The van der Waals surface area contributed by atoms with E-state index in [1.807, 2.05) is 36.5 Å². The smallest absolute Gasteiger partial charge is 0.192 e. The number of pyridine rings is 3. The highest BCUT2D eigenvalue weighted by Gasteiger charge is 2.27. The summed E-state index contributed by atoms with van der Waals surface area (Å²) < 4.78 is 7.04. The molecule has 0 fully saturated rings. The summed E-state index contributed by atoms with van der Waals surface area (Å²) in [4.78, 5) is 0. The molecule has 3 aliphatic rings. The van der Waals surface area contributed by atoms with Gasteiger partial charge in [-0.3, -0.25) is 0 Å². The molecule has 1 aromatic carbocycles. The van der Waals surface area contributed by atoms with E-state index in [0.29, 0.717) is 0 Å². The number of aromatic nitrogens is 3. The lowest BCUT2D eigenvalue weighted by Crippen LogP contribution is -2.39. The molecule has 270 valence electrons. The lowest BCUT2D eigenvalue weighted by Gasteiger charge is -2.23. The Kier molecular flexibility index (Phi) is 11.8. The van der Waals surface area contributed by atoms with E-state index in [1.54, 1.807) is 0 Å². The third kappa shape index (κ3) is 8.89. The van der Waals surface area contributed by atoms with Crippen molar-refractivity contribution in [2.75, 3.05) is 35.6 Å². The summed E-state index contributed by atoms with van der Waals surface area (Å²) in [6, 6.07) is 12.9. The van der Waals surface area contributed by atoms with Gasteiger partial charge in [-0.2, -0.15) is 13.7 Å². The molecule has 0 unspecified atom stereocenters. The van der Waals surface area contributed by atoms with Crippen molar-refractivity contribution in [2.24, 2.45) is 0 Å². The molecule has 4 aromatic rings. The molecule has 6 nitrogen and oxygen atoms in total. The molecule has 3 aliphatic carbocycles. The normalized spacial score (nSPS) is 13.5. The van der Waals surface area contributed by atoms with Crippen molar-refractivity contribution >= 4 is 17.1 Å². The molecule has 0 aliphatic heterocycles. The fourth-order valence-corrected chi connectivity index (χ4v) is 7.69. The zero-order chi connectivity index (χ0) is 37.1. The molecule has 3 N–H and O–H groups in total. The second kappa shape index (κ2) is 17.6. The van der Waals surface area contributed by atoms with E-state index in [0.717, 1.165) is 75.6 Å². The number of nitrogens with zero attached hydrogens (tertiary/aromatic N) is 3. The van der Waals surface area contributed by atoms with Crippen LogP contribution in [-0.4, -0.2) is 19.6 Å². The second-order valence-corrected chi connectivity index (χ2v) is 13.9. The zero-order valence-electron chi connectivity index (χ0n) is 31.8. The summed E-state index contributed by atoms with van der Waals surface area (Å²) in [5.41, 5.74) is 25.4. The summed E-state index contributed by atoms with van der Waals surface area (Å²) in [5, 5.41) is 10.8. The van der Waals surface area contributed by atoms with Crippen LogP contribution in [0.1, 0.15) is 54.2 Å². The molecule has 0 saturated heterocycles. The van der Waals surface area contributed by atoms with Crippen molar-refractivity contribution in [1.29, 1.82) is 0 Å². The Balaban J connectivity index is 1.26. The highest BCUT2D eigenvalue weighted by Crippen LogP contribution is 2.31. The average Bonchev–Trinajstić information content (AvgIpc) is 4.02. The first-order valence-corrected chi connectivity index (χ1v) is 19.3. The Bertz CT molecular complexity index is 2050. The van der Waals surface area contributed by atoms with Crippen LogP contribution in [0.25, 0.3) is 0 Å².